The molecule has 4 nitrogen and oxygen atoms in total. The first-order valence-electron chi connectivity index (χ1n) is 6.81. The Morgan fingerprint density at radius 1 is 1.56 bits per heavy atom. The second kappa shape index (κ2) is 5.31. The average molecular weight is 251 g/mol. The summed E-state index contributed by atoms with van der Waals surface area (Å²) in [5.74, 6) is 1.28. The molecule has 1 saturated heterocycles. The minimum atomic E-state index is 0.163. The maximum absolute atomic E-state index is 5.88. The number of nitrogens with one attached hydrogen (secondary N) is 1. The van der Waals surface area contributed by atoms with Crippen LogP contribution in [0.15, 0.2) is 17.1 Å². The van der Waals surface area contributed by atoms with Gasteiger partial charge in [-0.05, 0) is 32.1 Å². The van der Waals surface area contributed by atoms with Crippen LogP contribution in [-0.4, -0.2) is 31.8 Å². The Hall–Kier alpha value is -1.03. The number of ether oxygens (including phenoxy) is 1. The third-order valence-electron chi connectivity index (χ3n) is 3.89. The number of rotatable bonds is 5. The molecule has 0 spiro atoms. The summed E-state index contributed by atoms with van der Waals surface area (Å²) in [6.45, 7) is 10.4. The first kappa shape index (κ1) is 13.4. The highest BCUT2D eigenvalue weighted by molar-refractivity contribution is 5.78. The zero-order chi connectivity index (χ0) is 13.2. The first-order valence-corrected chi connectivity index (χ1v) is 6.81. The number of nitrogens with two attached hydrogens (primary N) is 1. The smallest absolute Gasteiger partial charge is 0.188 e. The molecule has 0 aromatic carbocycles. The van der Waals surface area contributed by atoms with Gasteiger partial charge in [-0.15, -0.1) is 0 Å². The molecule has 0 aromatic heterocycles. The summed E-state index contributed by atoms with van der Waals surface area (Å²) in [5, 5.41) is 3.07. The van der Waals surface area contributed by atoms with Crippen molar-refractivity contribution in [3.8, 4) is 0 Å². The summed E-state index contributed by atoms with van der Waals surface area (Å²) in [4.78, 5) is 4.47. The van der Waals surface area contributed by atoms with Crippen LogP contribution >= 0.6 is 0 Å². The van der Waals surface area contributed by atoms with Gasteiger partial charge in [0.2, 0.25) is 0 Å². The van der Waals surface area contributed by atoms with E-state index in [1.54, 1.807) is 0 Å². The SMILES string of the molecule is C=C(C)CNC(N)=NCC1(C)CCOC1C1CC1. The average Bonchev–Trinajstić information content (AvgIpc) is 3.08. The van der Waals surface area contributed by atoms with E-state index in [2.05, 4.69) is 23.8 Å². The third-order valence-corrected chi connectivity index (χ3v) is 3.89. The fraction of sp³-hybridized carbons (Fsp3) is 0.786. The highest BCUT2D eigenvalue weighted by Crippen LogP contribution is 2.47. The summed E-state index contributed by atoms with van der Waals surface area (Å²) < 4.78 is 5.88. The van der Waals surface area contributed by atoms with Gasteiger partial charge in [0, 0.05) is 18.6 Å². The zero-order valence-corrected chi connectivity index (χ0v) is 11.5. The molecule has 102 valence electrons. The number of guanidine groups is 1. The maximum atomic E-state index is 5.88. The van der Waals surface area contributed by atoms with Gasteiger partial charge < -0.3 is 15.8 Å². The van der Waals surface area contributed by atoms with Crippen molar-refractivity contribution < 1.29 is 4.74 Å². The maximum Gasteiger partial charge on any atom is 0.188 e. The number of hydrogen-bond donors (Lipinski definition) is 2. The van der Waals surface area contributed by atoms with Gasteiger partial charge >= 0.3 is 0 Å². The highest BCUT2D eigenvalue weighted by Gasteiger charge is 2.47. The lowest BCUT2D eigenvalue weighted by molar-refractivity contribution is 0.0425. The van der Waals surface area contributed by atoms with Crippen LogP contribution in [0.2, 0.25) is 0 Å². The molecule has 4 heteroatoms. The third kappa shape index (κ3) is 3.25. The van der Waals surface area contributed by atoms with Crippen molar-refractivity contribution in [2.75, 3.05) is 19.7 Å². The topological polar surface area (TPSA) is 59.6 Å². The molecule has 2 unspecified atom stereocenters. The number of hydrogen-bond acceptors (Lipinski definition) is 2. The Morgan fingerprint density at radius 3 is 2.89 bits per heavy atom. The van der Waals surface area contributed by atoms with Crippen molar-refractivity contribution in [1.29, 1.82) is 0 Å². The Labute approximate surface area is 110 Å². The van der Waals surface area contributed by atoms with Gasteiger partial charge in [-0.3, -0.25) is 4.99 Å². The molecule has 0 amide bonds. The molecule has 2 atom stereocenters. The molecule has 0 aromatic rings. The summed E-state index contributed by atoms with van der Waals surface area (Å²) in [6.07, 6.45) is 4.10. The van der Waals surface area contributed by atoms with E-state index in [1.165, 1.54) is 12.8 Å². The summed E-state index contributed by atoms with van der Waals surface area (Å²) in [5.41, 5.74) is 7.07. The van der Waals surface area contributed by atoms with Crippen LogP contribution in [0.3, 0.4) is 0 Å². The molecule has 1 heterocycles. The van der Waals surface area contributed by atoms with Crippen LogP contribution in [0.25, 0.3) is 0 Å². The van der Waals surface area contributed by atoms with E-state index in [1.807, 2.05) is 6.92 Å². The number of aliphatic imine (C=N–C) groups is 1. The van der Waals surface area contributed by atoms with Crippen LogP contribution in [0.1, 0.15) is 33.1 Å². The van der Waals surface area contributed by atoms with Crippen molar-refractivity contribution in [2.45, 2.75) is 39.2 Å². The van der Waals surface area contributed by atoms with Crippen molar-refractivity contribution in [3.63, 3.8) is 0 Å². The van der Waals surface area contributed by atoms with Crippen molar-refractivity contribution >= 4 is 5.96 Å². The number of nitrogens with zero attached hydrogens (tertiary/aromatic N) is 1. The van der Waals surface area contributed by atoms with Gasteiger partial charge in [-0.25, -0.2) is 0 Å². The minimum Gasteiger partial charge on any atom is -0.377 e. The van der Waals surface area contributed by atoms with Gasteiger partial charge in [0.15, 0.2) is 5.96 Å². The van der Waals surface area contributed by atoms with Gasteiger partial charge in [0.25, 0.3) is 0 Å². The lowest BCUT2D eigenvalue weighted by atomic mass is 9.81. The zero-order valence-electron chi connectivity index (χ0n) is 11.5. The lowest BCUT2D eigenvalue weighted by Crippen LogP contribution is -2.37. The Kier molecular flexibility index (Phi) is 3.95. The fourth-order valence-electron chi connectivity index (χ4n) is 2.60. The van der Waals surface area contributed by atoms with Crippen molar-refractivity contribution in [2.24, 2.45) is 22.1 Å². The van der Waals surface area contributed by atoms with E-state index in [-0.39, 0.29) is 5.41 Å². The van der Waals surface area contributed by atoms with Gasteiger partial charge in [-0.2, -0.15) is 0 Å². The molecule has 1 aliphatic heterocycles. The van der Waals surface area contributed by atoms with E-state index in [0.29, 0.717) is 18.6 Å². The van der Waals surface area contributed by atoms with Crippen LogP contribution in [0, 0.1) is 11.3 Å². The minimum absolute atomic E-state index is 0.163. The Morgan fingerprint density at radius 2 is 2.28 bits per heavy atom. The van der Waals surface area contributed by atoms with Crippen molar-refractivity contribution in [1.82, 2.24) is 5.32 Å². The largest absolute Gasteiger partial charge is 0.377 e. The monoisotopic (exact) mass is 251 g/mol. The van der Waals surface area contributed by atoms with Gasteiger partial charge in [0.05, 0.1) is 12.6 Å². The molecule has 2 aliphatic rings. The van der Waals surface area contributed by atoms with Gasteiger partial charge in [-0.1, -0.05) is 19.1 Å². The molecule has 2 rings (SSSR count). The predicted octanol–water partition coefficient (Wildman–Crippen LogP) is 1.67. The first-order chi connectivity index (χ1) is 8.51. The van der Waals surface area contributed by atoms with E-state index in [0.717, 1.165) is 31.1 Å². The second-order valence-corrected chi connectivity index (χ2v) is 6.04. The molecule has 1 saturated carbocycles. The standard InChI is InChI=1S/C14H25N3O/c1-10(2)8-16-13(15)17-9-14(3)6-7-18-12(14)11-4-5-11/h11-12H,1,4-9H2,2-3H3,(H3,15,16,17). The molecule has 2 fully saturated rings. The fourth-order valence-corrected chi connectivity index (χ4v) is 2.60. The van der Waals surface area contributed by atoms with Crippen LogP contribution in [0.5, 0.6) is 0 Å². The van der Waals surface area contributed by atoms with E-state index in [4.69, 9.17) is 10.5 Å². The summed E-state index contributed by atoms with van der Waals surface area (Å²) >= 11 is 0. The molecular weight excluding hydrogens is 226 g/mol. The van der Waals surface area contributed by atoms with E-state index >= 15 is 0 Å². The second-order valence-electron chi connectivity index (χ2n) is 6.04. The quantitative estimate of drug-likeness (QED) is 0.444. The summed E-state index contributed by atoms with van der Waals surface area (Å²) in [7, 11) is 0. The van der Waals surface area contributed by atoms with E-state index in [9.17, 15) is 0 Å². The van der Waals surface area contributed by atoms with Crippen LogP contribution in [-0.2, 0) is 4.74 Å². The molecule has 0 bridgehead atoms. The molecule has 1 aliphatic carbocycles. The van der Waals surface area contributed by atoms with Crippen LogP contribution < -0.4 is 11.1 Å². The van der Waals surface area contributed by atoms with Gasteiger partial charge in [0.1, 0.15) is 0 Å². The lowest BCUT2D eigenvalue weighted by Gasteiger charge is -2.28. The Balaban J connectivity index is 1.87. The molecular formula is C14H25N3O. The predicted molar refractivity (Wildman–Crippen MR) is 74.5 cm³/mol. The normalized spacial score (nSPS) is 32.6. The highest BCUT2D eigenvalue weighted by atomic mass is 16.5. The molecule has 0 radical (unpaired) electrons. The van der Waals surface area contributed by atoms with Crippen LogP contribution in [0.4, 0.5) is 0 Å². The molecule has 18 heavy (non-hydrogen) atoms. The van der Waals surface area contributed by atoms with Crippen molar-refractivity contribution in [3.05, 3.63) is 12.2 Å². The molecule has 3 N–H and O–H groups in total. The Bertz CT molecular complexity index is 349. The summed E-state index contributed by atoms with van der Waals surface area (Å²) in [6, 6.07) is 0. The van der Waals surface area contributed by atoms with E-state index < -0.39 is 0 Å².